The summed E-state index contributed by atoms with van der Waals surface area (Å²) in [6.07, 6.45) is 3.79. The quantitative estimate of drug-likeness (QED) is 0.0205. The first-order valence-corrected chi connectivity index (χ1v) is 32.0. The van der Waals surface area contributed by atoms with Gasteiger partial charge in [0.1, 0.15) is 30.4 Å². The number of H-pyrrole nitrogens is 1. The van der Waals surface area contributed by atoms with Gasteiger partial charge in [-0.3, -0.25) is 33.0 Å². The van der Waals surface area contributed by atoms with E-state index >= 15 is 4.79 Å². The second kappa shape index (κ2) is 24.2. The van der Waals surface area contributed by atoms with Crippen molar-refractivity contribution < 1.29 is 70.6 Å². The topological polar surface area (TPSA) is 312 Å². The number of aliphatic hydroxyl groups is 1. The molecule has 0 aliphatic carbocycles. The van der Waals surface area contributed by atoms with E-state index in [9.17, 15) is 47.9 Å². The normalized spacial score (nSPS) is 20.9. The fraction of sp³-hybridized carbons (Fsp3) is 0.415. The van der Waals surface area contributed by atoms with Crippen molar-refractivity contribution in [1.82, 2.24) is 24.3 Å². The van der Waals surface area contributed by atoms with Crippen LogP contribution in [0.1, 0.15) is 119 Å². The number of phosphoric acid groups is 3. The Morgan fingerprint density at radius 1 is 0.928 bits per heavy atom. The molecule has 1 saturated heterocycles. The van der Waals surface area contributed by atoms with Gasteiger partial charge in [-0.25, -0.2) is 22.8 Å². The highest BCUT2D eigenvalue weighted by atomic mass is 35.5. The number of carbonyl (C=O) groups excluding carboxylic acids is 2. The third-order valence-electron chi connectivity index (χ3n) is 14.6. The summed E-state index contributed by atoms with van der Waals surface area (Å²) in [5, 5.41) is 14.6. The number of ether oxygens (including phenoxy) is 2. The Bertz CT molecular complexity index is 3880. The molecule has 23 nitrogen and oxygen atoms in total. The van der Waals surface area contributed by atoms with Crippen molar-refractivity contribution in [3.63, 3.8) is 0 Å². The lowest BCUT2D eigenvalue weighted by Gasteiger charge is -2.43. The summed E-state index contributed by atoms with van der Waals surface area (Å²) in [6, 6.07) is 8.17. The maximum atomic E-state index is 15.1. The Labute approximate surface area is 496 Å². The van der Waals surface area contributed by atoms with E-state index in [4.69, 9.17) is 60.8 Å². The first-order valence-electron chi connectivity index (χ1n) is 26.0. The van der Waals surface area contributed by atoms with Gasteiger partial charge in [0.15, 0.2) is 5.54 Å². The minimum Gasteiger partial charge on any atom is -0.756 e. The van der Waals surface area contributed by atoms with Crippen LogP contribution in [0.15, 0.2) is 58.3 Å². The Morgan fingerprint density at radius 3 is 2.27 bits per heavy atom. The molecule has 5 heterocycles. The summed E-state index contributed by atoms with van der Waals surface area (Å²) in [6.45, 7) is 17.3. The molecule has 6 atom stereocenters. The molecule has 6 N–H and O–H groups in total. The van der Waals surface area contributed by atoms with Crippen molar-refractivity contribution in [2.45, 2.75) is 104 Å². The second-order valence-electron chi connectivity index (χ2n) is 21.2. The number of nitrogens with one attached hydrogen (secondary N) is 2. The average molecular weight is 1290 g/mol. The third-order valence-corrected chi connectivity index (χ3v) is 20.1. The van der Waals surface area contributed by atoms with Crippen LogP contribution in [0, 0.1) is 0 Å². The molecule has 1 fully saturated rings. The molecule has 3 aromatic carbocycles. The van der Waals surface area contributed by atoms with Gasteiger partial charge in [-0.1, -0.05) is 64.6 Å². The van der Waals surface area contributed by atoms with E-state index in [-0.39, 0.29) is 80.2 Å². The number of halogens is 4. The molecule has 4 aromatic rings. The van der Waals surface area contributed by atoms with Gasteiger partial charge in [-0.15, -0.1) is 0 Å². The molecule has 83 heavy (non-hydrogen) atoms. The number of rotatable bonds is 19. The van der Waals surface area contributed by atoms with Crippen molar-refractivity contribution in [3.8, 4) is 11.5 Å². The zero-order chi connectivity index (χ0) is 61.2. The number of aromatic amines is 1. The standard InChI is InChI=1S/C53H61Cl4N6O17P3/c1-10-62-34-20-37-32(18-30(34)27(3)23-52(62,5)6)42(33-19-31-28(4)24-53(7,8)63(11-2)35(31)21-38(33)77-37)43-44(46(55)48(57)47(56)45(43)54)50(67)60(9)17-13-15-40(65)58-16-12-14-29-25-61(51(68)59-49(29)66)41-22-36(64)39(78-41)26-76-82(72,73)80-83(74,75)79-81(69,70)71/h12,14,18-21,23-25,36,39,41,64H,10-11,13,15-17,22,26H2,1-9H3,(H5-,58,59,65,66,68,69,70,71,72,73,74,75)/b14-12+/t36-,39+,41+/m0/s1. The second-order valence-corrected chi connectivity index (χ2v) is 27.1. The molecule has 0 radical (unpaired) electrons. The first kappa shape index (κ1) is 64.3. The van der Waals surface area contributed by atoms with Gasteiger partial charge in [-0.2, -0.15) is 4.31 Å². The fourth-order valence-corrected chi connectivity index (χ4v) is 15.1. The highest BCUT2D eigenvalue weighted by Crippen LogP contribution is 2.65. The summed E-state index contributed by atoms with van der Waals surface area (Å²) < 4.78 is 62.1. The van der Waals surface area contributed by atoms with Crippen molar-refractivity contribution >= 4 is 110 Å². The number of fused-ring (bicyclic) bond motifs is 4. The van der Waals surface area contributed by atoms with Crippen LogP contribution >= 0.6 is 69.9 Å². The van der Waals surface area contributed by atoms with Crippen LogP contribution < -0.4 is 46.2 Å². The molecule has 0 bridgehead atoms. The number of allylic oxidation sites excluding steroid dienone is 2. The van der Waals surface area contributed by atoms with E-state index in [1.165, 1.54) is 17.1 Å². The summed E-state index contributed by atoms with van der Waals surface area (Å²) in [7, 11) is -15.8. The van der Waals surface area contributed by atoms with E-state index in [0.717, 1.165) is 44.1 Å². The summed E-state index contributed by atoms with van der Waals surface area (Å²) in [4.78, 5) is 98.2. The lowest BCUT2D eigenvalue weighted by molar-refractivity contribution is -0.212. The van der Waals surface area contributed by atoms with Gasteiger partial charge in [0, 0.05) is 104 Å². The molecule has 4 aliphatic heterocycles. The number of aromatic nitrogens is 2. The molecule has 0 saturated carbocycles. The minimum absolute atomic E-state index is 0.00565. The highest BCUT2D eigenvalue weighted by Gasteiger charge is 2.43. The number of nitrogens with zero attached hydrogens (tertiary/aromatic N) is 4. The fourth-order valence-electron chi connectivity index (χ4n) is 11.1. The van der Waals surface area contributed by atoms with Gasteiger partial charge in [0.05, 0.1) is 55.5 Å². The predicted octanol–water partition coefficient (Wildman–Crippen LogP) is 7.27. The Hall–Kier alpha value is -4.74. The monoisotopic (exact) mass is 1290 g/mol. The van der Waals surface area contributed by atoms with Crippen LogP contribution in [0.25, 0.3) is 22.8 Å². The van der Waals surface area contributed by atoms with Crippen molar-refractivity contribution in [3.05, 3.63) is 134 Å². The van der Waals surface area contributed by atoms with Crippen LogP contribution in [0.5, 0.6) is 11.5 Å². The maximum Gasteiger partial charge on any atom is 0.487 e. The minimum atomic E-state index is -5.89. The highest BCUT2D eigenvalue weighted by molar-refractivity contribution is 7.66. The average Bonchev–Trinajstić information content (AvgIpc) is 2.41. The number of anilines is 1. The lowest BCUT2D eigenvalue weighted by Crippen LogP contribution is -2.49. The number of amides is 2. The molecule has 3 unspecified atom stereocenters. The van der Waals surface area contributed by atoms with E-state index in [2.05, 4.69) is 113 Å². The van der Waals surface area contributed by atoms with Crippen molar-refractivity contribution in [1.29, 1.82) is 0 Å². The predicted molar refractivity (Wildman–Crippen MR) is 312 cm³/mol. The molecule has 8 rings (SSSR count). The van der Waals surface area contributed by atoms with E-state index in [1.807, 2.05) is 12.1 Å². The van der Waals surface area contributed by atoms with Gasteiger partial charge in [-0.05, 0) is 77.3 Å². The molecule has 4 aliphatic rings. The third kappa shape index (κ3) is 13.5. The number of hydrogen-bond acceptors (Lipinski definition) is 15. The number of phosphoric ester groups is 1. The van der Waals surface area contributed by atoms with E-state index in [0.29, 0.717) is 40.9 Å². The van der Waals surface area contributed by atoms with Crippen LogP contribution in [-0.4, -0.2) is 109 Å². The Kier molecular flexibility index (Phi) is 18.7. The number of benzene rings is 3. The smallest absolute Gasteiger partial charge is 0.487 e. The molecule has 30 heteroatoms. The van der Waals surface area contributed by atoms with Crippen LogP contribution in [0.4, 0.5) is 5.69 Å². The van der Waals surface area contributed by atoms with Gasteiger partial charge in [0.2, 0.25) is 11.3 Å². The van der Waals surface area contributed by atoms with Crippen LogP contribution in [0.3, 0.4) is 0 Å². The number of likely N-dealkylation sites (N-methyl/N-ethyl adjacent to an activating group) is 2. The van der Waals surface area contributed by atoms with Crippen molar-refractivity contribution in [2.24, 2.45) is 0 Å². The Balaban J connectivity index is 1.00. The SMILES string of the molecule is CCN1c2cc3c(cc2C(C)=CC1(C)C)C(c1c(Cl)c(Cl)c(Cl)c(Cl)c1C(=O)N(C)CCCC(=O)NC/C=C/c1cn([C@H]2C[C@H](O)[C@@H](COP(=O)(O)OP(=O)(O)OP(=O)([O-])O)O2)c(=O)[nH]c1=O)=c1cc2c(cc1O3)=[N+](CC)C(C)(C)C=C2C. The number of hydrogen-bond donors (Lipinski definition) is 6. The molecule has 448 valence electrons. The lowest BCUT2D eigenvalue weighted by atomic mass is 9.83. The van der Waals surface area contributed by atoms with Gasteiger partial charge >= 0.3 is 21.3 Å². The molecule has 2 amide bonds. The van der Waals surface area contributed by atoms with Crippen LogP contribution in [0.2, 0.25) is 20.1 Å². The maximum absolute atomic E-state index is 15.1. The molecular formula is C53H61Cl4N6O17P3. The molecule has 1 aromatic heterocycles. The first-order chi connectivity index (χ1) is 38.6. The van der Waals surface area contributed by atoms with Gasteiger partial charge < -0.3 is 49.3 Å². The van der Waals surface area contributed by atoms with E-state index < -0.39 is 71.6 Å². The Morgan fingerprint density at radius 2 is 1.60 bits per heavy atom. The molecule has 0 spiro atoms. The largest absolute Gasteiger partial charge is 0.756 e. The summed E-state index contributed by atoms with van der Waals surface area (Å²) in [5.41, 5.74) is 3.87. The number of carbonyl (C=O) groups is 2. The zero-order valence-electron chi connectivity index (χ0n) is 46.3. The zero-order valence-corrected chi connectivity index (χ0v) is 52.0. The summed E-state index contributed by atoms with van der Waals surface area (Å²) >= 11 is 28.3. The number of aliphatic hydroxyl groups excluding tert-OH is 1. The van der Waals surface area contributed by atoms with Crippen LogP contribution in [-0.2, 0) is 36.4 Å². The molecular weight excluding hydrogens is 1230 g/mol. The van der Waals surface area contributed by atoms with Crippen molar-refractivity contribution in [2.75, 3.05) is 44.7 Å². The van der Waals surface area contributed by atoms with E-state index in [1.54, 1.807) is 7.05 Å². The van der Waals surface area contributed by atoms with Gasteiger partial charge in [0.25, 0.3) is 19.3 Å². The summed E-state index contributed by atoms with van der Waals surface area (Å²) in [5.74, 6) is 0.0747.